The Labute approximate surface area is 298 Å². The van der Waals surface area contributed by atoms with E-state index in [1.807, 2.05) is 11.9 Å². The molecule has 1 aromatic heterocycles. The maximum atomic E-state index is 13.1. The molecule has 0 aliphatic carbocycles. The van der Waals surface area contributed by atoms with E-state index in [0.717, 1.165) is 55.0 Å². The number of amides is 3. The summed E-state index contributed by atoms with van der Waals surface area (Å²) in [5.41, 5.74) is 3.87. The molecule has 2 fully saturated rings. The second-order valence-corrected chi connectivity index (χ2v) is 13.0. The number of H-pyrrole nitrogens is 1. The van der Waals surface area contributed by atoms with E-state index in [0.29, 0.717) is 25.7 Å². The maximum Gasteiger partial charge on any atom is 0.508 e. The third-order valence-corrected chi connectivity index (χ3v) is 8.99. The van der Waals surface area contributed by atoms with E-state index in [2.05, 4.69) is 17.6 Å². The molecule has 0 radical (unpaired) electrons. The molecule has 0 saturated carbocycles. The van der Waals surface area contributed by atoms with Gasteiger partial charge in [0.25, 0.3) is 11.5 Å². The van der Waals surface area contributed by atoms with Gasteiger partial charge in [0, 0.05) is 18.3 Å². The van der Waals surface area contributed by atoms with Crippen molar-refractivity contribution in [3.05, 3.63) is 44.9 Å². The minimum atomic E-state index is -1.99. The van der Waals surface area contributed by atoms with Gasteiger partial charge >= 0.3 is 11.8 Å². The highest BCUT2D eigenvalue weighted by atomic mass is 16.7. The molecule has 10 unspecified atom stereocenters. The van der Waals surface area contributed by atoms with Crippen molar-refractivity contribution in [2.24, 2.45) is 11.7 Å². The monoisotopic (exact) mass is 737 g/mol. The van der Waals surface area contributed by atoms with Crippen LogP contribution in [0.2, 0.25) is 0 Å². The van der Waals surface area contributed by atoms with Gasteiger partial charge in [-0.1, -0.05) is 39.0 Å². The van der Waals surface area contributed by atoms with Crippen LogP contribution in [0.4, 0.5) is 4.79 Å². The van der Waals surface area contributed by atoms with Crippen LogP contribution in [0, 0.1) is 5.92 Å². The predicted octanol–water partition coefficient (Wildman–Crippen LogP) is -0.863. The highest BCUT2D eigenvalue weighted by Gasteiger charge is 2.54. The number of hydrogen-bond acceptors (Lipinski definition) is 14. The number of nitrogens with two attached hydrogens (primary N) is 1. The van der Waals surface area contributed by atoms with Crippen molar-refractivity contribution in [3.8, 4) is 0 Å². The van der Waals surface area contributed by atoms with Crippen LogP contribution >= 0.6 is 0 Å². The van der Waals surface area contributed by atoms with E-state index in [1.54, 1.807) is 0 Å². The number of nitrogens with one attached hydrogen (secondary N) is 3. The molecule has 288 valence electrons. The van der Waals surface area contributed by atoms with Gasteiger partial charge in [0.05, 0.1) is 12.5 Å². The number of aliphatic hydroxyl groups excluding tert-OH is 2. The number of hydrogen-bond donors (Lipinski definition) is 6. The Kier molecular flexibility index (Phi) is 14.5. The van der Waals surface area contributed by atoms with Gasteiger partial charge in [-0.25, -0.2) is 9.59 Å². The molecule has 10 atom stereocenters. The van der Waals surface area contributed by atoms with Gasteiger partial charge in [-0.2, -0.15) is 0 Å². The third kappa shape index (κ3) is 10.3. The van der Waals surface area contributed by atoms with E-state index in [-0.39, 0.29) is 18.9 Å². The predicted molar refractivity (Wildman–Crippen MR) is 177 cm³/mol. The Balaban J connectivity index is 1.52. The lowest BCUT2D eigenvalue weighted by atomic mass is 9.95. The molecule has 19 nitrogen and oxygen atoms in total. The standard InChI is InChI=1S/C33H47N5O14/c1-3-4-5-6-7-8-14-48-33(47)52-25-18(16-39)24(50-30(25)38-13-12-22(41)37-32(38)46)26(27(34)43)51-31-23(42)20(40)15-21(49-31)29(45)36-19-11-9-10-17(2)35-28(19)44/h12-13,15-20,23-26,30-31,40,42H,3-11,14H2,1-2H3,(H2,34,43)(H,35,44)(H,36,45)(H,37,41,46). The molecule has 0 aromatic carbocycles. The lowest BCUT2D eigenvalue weighted by molar-refractivity contribution is -0.238. The summed E-state index contributed by atoms with van der Waals surface area (Å²) in [5.74, 6) is -4.75. The number of rotatable bonds is 16. The molecule has 0 spiro atoms. The van der Waals surface area contributed by atoms with E-state index >= 15 is 0 Å². The SMILES string of the molecule is CCCCCCCCOC(=O)OC1C(C=O)C(C(OC2OC(C(=O)NC3CCCC(C)NC3=O)=CC(O)C2O)C(N)=O)OC1n1ccc(=O)[nH]c1=O. The molecule has 7 N–H and O–H groups in total. The number of unbranched alkanes of at least 4 members (excludes halogenated alkanes) is 5. The molecular weight excluding hydrogens is 690 g/mol. The van der Waals surface area contributed by atoms with Crippen LogP contribution in [-0.2, 0) is 42.9 Å². The average Bonchev–Trinajstić information content (AvgIpc) is 3.35. The fraction of sp³-hybridized carbons (Fsp3) is 0.667. The zero-order valence-electron chi connectivity index (χ0n) is 29.0. The summed E-state index contributed by atoms with van der Waals surface area (Å²) < 4.78 is 28.6. The molecular formula is C33H47N5O14. The summed E-state index contributed by atoms with van der Waals surface area (Å²) in [6.45, 7) is 3.91. The van der Waals surface area contributed by atoms with E-state index < -0.39 is 95.9 Å². The van der Waals surface area contributed by atoms with Gasteiger partial charge in [0.15, 0.2) is 24.2 Å². The number of aldehydes is 1. The normalized spacial score (nSPS) is 29.4. The molecule has 4 rings (SSSR count). The van der Waals surface area contributed by atoms with Crippen LogP contribution in [-0.4, -0.2) is 105 Å². The molecule has 3 aliphatic rings. The Bertz CT molecular complexity index is 1580. The van der Waals surface area contributed by atoms with Crippen LogP contribution in [0.25, 0.3) is 0 Å². The van der Waals surface area contributed by atoms with Gasteiger partial charge in [-0.3, -0.25) is 28.7 Å². The molecule has 1 aromatic rings. The first-order valence-electron chi connectivity index (χ1n) is 17.4. The summed E-state index contributed by atoms with van der Waals surface area (Å²) in [5, 5.41) is 26.6. The highest BCUT2D eigenvalue weighted by molar-refractivity contribution is 5.95. The third-order valence-electron chi connectivity index (χ3n) is 8.99. The number of primary amides is 1. The first-order valence-corrected chi connectivity index (χ1v) is 17.4. The first-order chi connectivity index (χ1) is 24.8. The van der Waals surface area contributed by atoms with Gasteiger partial charge < -0.3 is 55.1 Å². The topological polar surface area (TPSA) is 277 Å². The van der Waals surface area contributed by atoms with Crippen molar-refractivity contribution in [3.63, 3.8) is 0 Å². The van der Waals surface area contributed by atoms with Crippen molar-refractivity contribution in [1.29, 1.82) is 0 Å². The summed E-state index contributed by atoms with van der Waals surface area (Å²) in [7, 11) is 0. The fourth-order valence-electron chi connectivity index (χ4n) is 6.18. The van der Waals surface area contributed by atoms with E-state index in [9.17, 15) is 43.8 Å². The number of aromatic nitrogens is 2. The average molecular weight is 738 g/mol. The number of ether oxygens (including phenoxy) is 5. The summed E-state index contributed by atoms with van der Waals surface area (Å²) in [6.07, 6.45) is -4.53. The van der Waals surface area contributed by atoms with Crippen molar-refractivity contribution in [1.82, 2.24) is 20.2 Å². The minimum Gasteiger partial charge on any atom is -0.456 e. The van der Waals surface area contributed by atoms with Gasteiger partial charge in [0.2, 0.25) is 18.1 Å². The Morgan fingerprint density at radius 1 is 1.13 bits per heavy atom. The van der Waals surface area contributed by atoms with Gasteiger partial charge in [0.1, 0.15) is 30.6 Å². The van der Waals surface area contributed by atoms with Gasteiger partial charge in [-0.05, 0) is 38.7 Å². The molecule has 0 bridgehead atoms. The van der Waals surface area contributed by atoms with Crippen LogP contribution in [0.15, 0.2) is 33.7 Å². The Hall–Kier alpha value is -4.59. The largest absolute Gasteiger partial charge is 0.508 e. The van der Waals surface area contributed by atoms with Crippen LogP contribution in [0.5, 0.6) is 0 Å². The zero-order valence-corrected chi connectivity index (χ0v) is 29.0. The Morgan fingerprint density at radius 2 is 1.87 bits per heavy atom. The highest BCUT2D eigenvalue weighted by Crippen LogP contribution is 2.38. The van der Waals surface area contributed by atoms with E-state index in [1.165, 1.54) is 0 Å². The van der Waals surface area contributed by atoms with E-state index in [4.69, 9.17) is 29.4 Å². The van der Waals surface area contributed by atoms with Crippen molar-refractivity contribution in [2.45, 2.75) is 127 Å². The lowest BCUT2D eigenvalue weighted by Crippen LogP contribution is -2.53. The minimum absolute atomic E-state index is 0.00276. The second kappa shape index (κ2) is 18.8. The quantitative estimate of drug-likeness (QED) is 0.0684. The molecule has 2 saturated heterocycles. The van der Waals surface area contributed by atoms with Crippen molar-refractivity contribution in [2.75, 3.05) is 6.61 Å². The summed E-state index contributed by atoms with van der Waals surface area (Å²) >= 11 is 0. The van der Waals surface area contributed by atoms with Crippen molar-refractivity contribution >= 4 is 30.2 Å². The van der Waals surface area contributed by atoms with Gasteiger partial charge in [-0.15, -0.1) is 0 Å². The van der Waals surface area contributed by atoms with Crippen LogP contribution in [0.3, 0.4) is 0 Å². The summed E-state index contributed by atoms with van der Waals surface area (Å²) in [4.78, 5) is 90.4. The fourth-order valence-corrected chi connectivity index (χ4v) is 6.18. The number of nitrogens with zero attached hydrogens (tertiary/aromatic N) is 1. The van der Waals surface area contributed by atoms with Crippen LogP contribution in [0.1, 0.15) is 77.9 Å². The number of carbonyl (C=O) groups is 5. The molecule has 3 aliphatic heterocycles. The van der Waals surface area contributed by atoms with Crippen LogP contribution < -0.4 is 27.6 Å². The zero-order chi connectivity index (χ0) is 37.9. The molecule has 52 heavy (non-hydrogen) atoms. The molecule has 19 heteroatoms. The summed E-state index contributed by atoms with van der Waals surface area (Å²) in [6, 6.07) is -0.0572. The molecule has 4 heterocycles. The second-order valence-electron chi connectivity index (χ2n) is 13.0. The number of carbonyl (C=O) groups excluding carboxylic acids is 5. The lowest BCUT2D eigenvalue weighted by Gasteiger charge is -2.35. The van der Waals surface area contributed by atoms with Crippen molar-refractivity contribution < 1.29 is 57.9 Å². The smallest absolute Gasteiger partial charge is 0.456 e. The number of aromatic amines is 1. The molecule has 3 amide bonds. The Morgan fingerprint density at radius 3 is 2.56 bits per heavy atom. The first kappa shape index (κ1) is 40.2. The maximum absolute atomic E-state index is 13.1. The number of aliphatic hydroxyl groups is 2.